The van der Waals surface area contributed by atoms with Gasteiger partial charge < -0.3 is 19.4 Å². The van der Waals surface area contributed by atoms with Gasteiger partial charge >= 0.3 is 0 Å². The first-order valence-electron chi connectivity index (χ1n) is 9.28. The van der Waals surface area contributed by atoms with Crippen molar-refractivity contribution in [2.75, 3.05) is 19.7 Å². The quantitative estimate of drug-likeness (QED) is 0.352. The molecule has 1 aromatic rings. The highest BCUT2D eigenvalue weighted by molar-refractivity contribution is 7.80. The molecule has 1 aliphatic rings. The van der Waals surface area contributed by atoms with Crippen LogP contribution < -0.4 is 14.6 Å². The third kappa shape index (κ3) is 4.73. The summed E-state index contributed by atoms with van der Waals surface area (Å²) in [6.45, 7) is 7.68. The lowest BCUT2D eigenvalue weighted by Gasteiger charge is -2.35. The molecule has 0 aromatic heterocycles. The van der Waals surface area contributed by atoms with Crippen molar-refractivity contribution in [3.8, 4) is 11.5 Å². The molecule has 1 aromatic carbocycles. The van der Waals surface area contributed by atoms with Crippen LogP contribution in [0.1, 0.15) is 33.3 Å². The van der Waals surface area contributed by atoms with Gasteiger partial charge in [-0.2, -0.15) is 0 Å². The number of carboxylic acid groups (broad SMARTS) is 1. The number of benzene rings is 1. The molecule has 0 spiro atoms. The number of likely N-dealkylation sites (N-methyl/N-ethyl adjacent to an activating group) is 2. The summed E-state index contributed by atoms with van der Waals surface area (Å²) < 4.78 is 10.9. The number of carbonyl (C=O) groups excluding carboxylic acids is 3. The fourth-order valence-corrected chi connectivity index (χ4v) is 3.19. The Kier molecular flexibility index (Phi) is 7.33. The van der Waals surface area contributed by atoms with Gasteiger partial charge in [0.15, 0.2) is 16.6 Å². The average Bonchev–Trinajstić information content (AvgIpc) is 2.68. The van der Waals surface area contributed by atoms with E-state index in [0.717, 1.165) is 0 Å². The fraction of sp³-hybridized carbons (Fsp3) is 0.400. The van der Waals surface area contributed by atoms with Crippen molar-refractivity contribution >= 4 is 41.2 Å². The van der Waals surface area contributed by atoms with E-state index in [1.807, 2.05) is 0 Å². The SMILES string of the molecule is CCOc1cc(C=C2C(=O)N(CC)C(=S)N(CC)C2=O)ccc1O[C@@H](C)C(=O)[O-]. The van der Waals surface area contributed by atoms with Crippen LogP contribution in [0.5, 0.6) is 11.5 Å². The van der Waals surface area contributed by atoms with Gasteiger partial charge in [-0.3, -0.25) is 19.4 Å². The molecule has 1 atom stereocenters. The van der Waals surface area contributed by atoms with E-state index in [1.165, 1.54) is 28.9 Å². The monoisotopic (exact) mass is 419 g/mol. The van der Waals surface area contributed by atoms with Crippen LogP contribution in [-0.2, 0) is 14.4 Å². The topological polar surface area (TPSA) is 99.2 Å². The average molecular weight is 419 g/mol. The summed E-state index contributed by atoms with van der Waals surface area (Å²) in [6.07, 6.45) is 0.295. The highest BCUT2D eigenvalue weighted by Gasteiger charge is 2.37. The number of hydrogen-bond donors (Lipinski definition) is 0. The van der Waals surface area contributed by atoms with Crippen LogP contribution >= 0.6 is 12.2 Å². The van der Waals surface area contributed by atoms with Gasteiger partial charge in [0, 0.05) is 13.1 Å². The zero-order valence-electron chi connectivity index (χ0n) is 16.8. The number of amides is 2. The van der Waals surface area contributed by atoms with Gasteiger partial charge in [0.25, 0.3) is 11.8 Å². The first-order chi connectivity index (χ1) is 13.7. The summed E-state index contributed by atoms with van der Waals surface area (Å²) in [6, 6.07) is 4.70. The Balaban J connectivity index is 2.44. The number of carbonyl (C=O) groups is 3. The fourth-order valence-electron chi connectivity index (χ4n) is 2.77. The molecule has 1 fully saturated rings. The lowest BCUT2D eigenvalue weighted by atomic mass is 10.1. The number of ether oxygens (including phenoxy) is 2. The number of rotatable bonds is 8. The van der Waals surface area contributed by atoms with Crippen molar-refractivity contribution in [1.29, 1.82) is 0 Å². The van der Waals surface area contributed by atoms with Gasteiger partial charge in [0.1, 0.15) is 11.7 Å². The largest absolute Gasteiger partial charge is 0.546 e. The predicted molar refractivity (Wildman–Crippen MR) is 108 cm³/mol. The molecule has 9 heteroatoms. The third-order valence-electron chi connectivity index (χ3n) is 4.26. The minimum atomic E-state index is -1.35. The molecule has 0 saturated carbocycles. The maximum Gasteiger partial charge on any atom is 0.265 e. The summed E-state index contributed by atoms with van der Waals surface area (Å²) in [5, 5.41) is 11.1. The third-order valence-corrected chi connectivity index (χ3v) is 4.70. The molecule has 0 N–H and O–H groups in total. The Labute approximate surface area is 174 Å². The summed E-state index contributed by atoms with van der Waals surface area (Å²) in [4.78, 5) is 39.1. The number of aliphatic carboxylic acids is 1. The summed E-state index contributed by atoms with van der Waals surface area (Å²) in [5.41, 5.74) is 0.514. The zero-order chi connectivity index (χ0) is 21.7. The zero-order valence-corrected chi connectivity index (χ0v) is 17.6. The summed E-state index contributed by atoms with van der Waals surface area (Å²) in [5.74, 6) is -1.76. The summed E-state index contributed by atoms with van der Waals surface area (Å²) >= 11 is 5.25. The Hall–Kier alpha value is -2.94. The second-order valence-electron chi connectivity index (χ2n) is 6.16. The summed E-state index contributed by atoms with van der Waals surface area (Å²) in [7, 11) is 0. The van der Waals surface area contributed by atoms with E-state index >= 15 is 0 Å². The molecular formula is C20H23N2O6S-. The van der Waals surface area contributed by atoms with Crippen LogP contribution in [0, 0.1) is 0 Å². The molecule has 156 valence electrons. The molecule has 1 saturated heterocycles. The van der Waals surface area contributed by atoms with Crippen LogP contribution in [0.15, 0.2) is 23.8 Å². The van der Waals surface area contributed by atoms with Crippen LogP contribution in [0.4, 0.5) is 0 Å². The van der Waals surface area contributed by atoms with Crippen molar-refractivity contribution in [1.82, 2.24) is 9.80 Å². The molecule has 8 nitrogen and oxygen atoms in total. The number of nitrogens with zero attached hydrogens (tertiary/aromatic N) is 2. The molecule has 0 aliphatic carbocycles. The molecular weight excluding hydrogens is 396 g/mol. The van der Waals surface area contributed by atoms with E-state index in [9.17, 15) is 19.5 Å². The lowest BCUT2D eigenvalue weighted by Crippen LogP contribution is -2.55. The lowest BCUT2D eigenvalue weighted by molar-refractivity contribution is -0.312. The number of carboxylic acids is 1. The van der Waals surface area contributed by atoms with Crippen molar-refractivity contribution in [3.63, 3.8) is 0 Å². The second-order valence-corrected chi connectivity index (χ2v) is 6.52. The molecule has 1 aliphatic heterocycles. The van der Waals surface area contributed by atoms with Crippen molar-refractivity contribution < 1.29 is 29.0 Å². The highest BCUT2D eigenvalue weighted by Crippen LogP contribution is 2.31. The van der Waals surface area contributed by atoms with Gasteiger partial charge in [0.05, 0.1) is 12.6 Å². The first-order valence-corrected chi connectivity index (χ1v) is 9.69. The normalized spacial score (nSPS) is 15.4. The maximum absolute atomic E-state index is 12.7. The van der Waals surface area contributed by atoms with E-state index in [-0.39, 0.29) is 16.4 Å². The Morgan fingerprint density at radius 1 is 1.14 bits per heavy atom. The van der Waals surface area contributed by atoms with Gasteiger partial charge in [-0.15, -0.1) is 0 Å². The van der Waals surface area contributed by atoms with Crippen LogP contribution in [-0.4, -0.2) is 58.5 Å². The number of thiocarbonyl (C=S) groups is 1. The molecule has 0 unspecified atom stereocenters. The van der Waals surface area contributed by atoms with Crippen molar-refractivity contribution in [2.24, 2.45) is 0 Å². The minimum absolute atomic E-state index is 0.0125. The molecule has 0 radical (unpaired) electrons. The minimum Gasteiger partial charge on any atom is -0.546 e. The van der Waals surface area contributed by atoms with Gasteiger partial charge in [0.2, 0.25) is 0 Å². The smallest absolute Gasteiger partial charge is 0.265 e. The second kappa shape index (κ2) is 9.51. The van der Waals surface area contributed by atoms with Gasteiger partial charge in [-0.1, -0.05) is 6.07 Å². The van der Waals surface area contributed by atoms with E-state index in [0.29, 0.717) is 31.0 Å². The van der Waals surface area contributed by atoms with E-state index < -0.39 is 23.9 Å². The molecule has 2 amide bonds. The Bertz CT molecular complexity index is 839. The first kappa shape index (κ1) is 22.4. The van der Waals surface area contributed by atoms with Crippen LogP contribution in [0.25, 0.3) is 6.08 Å². The molecule has 29 heavy (non-hydrogen) atoms. The highest BCUT2D eigenvalue weighted by atomic mass is 32.1. The van der Waals surface area contributed by atoms with Gasteiger partial charge in [-0.05, 0) is 63.7 Å². The van der Waals surface area contributed by atoms with Crippen LogP contribution in [0.2, 0.25) is 0 Å². The Morgan fingerprint density at radius 3 is 2.21 bits per heavy atom. The molecule has 2 rings (SSSR count). The maximum atomic E-state index is 12.7. The van der Waals surface area contributed by atoms with Crippen molar-refractivity contribution in [3.05, 3.63) is 29.3 Å². The molecule has 1 heterocycles. The Morgan fingerprint density at radius 2 is 1.72 bits per heavy atom. The van der Waals surface area contributed by atoms with E-state index in [2.05, 4.69) is 0 Å². The van der Waals surface area contributed by atoms with Crippen LogP contribution in [0.3, 0.4) is 0 Å². The van der Waals surface area contributed by atoms with Crippen molar-refractivity contribution in [2.45, 2.75) is 33.8 Å². The standard InChI is InChI=1S/C20H24N2O6S/c1-5-21-17(23)14(18(24)22(6-2)20(21)29)10-13-8-9-15(16(11-13)27-7-3)28-12(4)19(25)26/h8-12H,5-7H2,1-4H3,(H,25,26)/p-1/t12-/m0/s1. The van der Waals surface area contributed by atoms with Gasteiger partial charge in [-0.25, -0.2) is 0 Å². The van der Waals surface area contributed by atoms with E-state index in [4.69, 9.17) is 21.7 Å². The van der Waals surface area contributed by atoms with E-state index in [1.54, 1.807) is 32.9 Å². The molecule has 0 bridgehead atoms. The predicted octanol–water partition coefficient (Wildman–Crippen LogP) is 0.981. The number of hydrogen-bond acceptors (Lipinski definition) is 7.